The Labute approximate surface area is 230 Å². The molecule has 0 radical (unpaired) electrons. The minimum Gasteiger partial charge on any atom is -0.368 e. The van der Waals surface area contributed by atoms with Crippen molar-refractivity contribution in [3.63, 3.8) is 0 Å². The number of piperazine rings is 1. The summed E-state index contributed by atoms with van der Waals surface area (Å²) in [6, 6.07) is 12.6. The highest BCUT2D eigenvalue weighted by molar-refractivity contribution is 6.42. The standard InChI is InChI=1S/C28H28Cl2FN5O2/c1-3-4-11-35-25(37)17-24-32-18(2)26(27(36(24)35)19-5-10-22(29)23(30)16-19)28(38)34-14-12-33(13-15-34)21-8-6-20(31)7-9-21/h3,5-10,16-17,27,32H,1,4,11-15H2,2H3. The third-order valence-corrected chi connectivity index (χ3v) is 7.79. The molecule has 0 spiro atoms. The van der Waals surface area contributed by atoms with Crippen LogP contribution in [0.15, 0.2) is 77.3 Å². The summed E-state index contributed by atoms with van der Waals surface area (Å²) < 4.78 is 16.8. The molecule has 0 saturated carbocycles. The number of nitrogens with one attached hydrogen (secondary N) is 1. The minimum atomic E-state index is -0.587. The third kappa shape index (κ3) is 4.86. The fourth-order valence-electron chi connectivity index (χ4n) is 5.14. The molecule has 1 atom stereocenters. The second-order valence-corrected chi connectivity index (χ2v) is 10.2. The van der Waals surface area contributed by atoms with E-state index in [1.807, 2.05) is 22.6 Å². The number of aromatic nitrogens is 2. The van der Waals surface area contributed by atoms with Crippen LogP contribution in [0.25, 0.3) is 0 Å². The molecule has 0 aliphatic carbocycles. The number of nitrogens with zero attached hydrogens (tertiary/aromatic N) is 4. The fourth-order valence-corrected chi connectivity index (χ4v) is 5.45. The molecule has 1 aromatic heterocycles. The predicted molar refractivity (Wildman–Crippen MR) is 150 cm³/mol. The van der Waals surface area contributed by atoms with Crippen molar-refractivity contribution in [2.45, 2.75) is 25.9 Å². The van der Waals surface area contributed by atoms with Crippen LogP contribution in [-0.4, -0.2) is 46.3 Å². The van der Waals surface area contributed by atoms with Crippen LogP contribution in [0.2, 0.25) is 10.0 Å². The van der Waals surface area contributed by atoms with Crippen molar-refractivity contribution >= 4 is 40.6 Å². The summed E-state index contributed by atoms with van der Waals surface area (Å²) in [4.78, 5) is 31.0. The molecule has 10 heteroatoms. The Balaban J connectivity index is 1.50. The van der Waals surface area contributed by atoms with E-state index in [9.17, 15) is 14.0 Å². The van der Waals surface area contributed by atoms with E-state index >= 15 is 0 Å². The molecule has 198 valence electrons. The second kappa shape index (κ2) is 10.7. The molecule has 1 amide bonds. The summed E-state index contributed by atoms with van der Waals surface area (Å²) in [5, 5.41) is 4.05. The Morgan fingerprint density at radius 1 is 1.08 bits per heavy atom. The van der Waals surface area contributed by atoms with Crippen molar-refractivity contribution < 1.29 is 9.18 Å². The molecule has 5 rings (SSSR count). The van der Waals surface area contributed by atoms with E-state index in [1.165, 1.54) is 12.1 Å². The lowest BCUT2D eigenvalue weighted by Gasteiger charge is -2.39. The molecule has 2 aliphatic heterocycles. The van der Waals surface area contributed by atoms with Crippen LogP contribution < -0.4 is 15.8 Å². The van der Waals surface area contributed by atoms with E-state index in [1.54, 1.807) is 41.1 Å². The molecule has 1 N–H and O–H groups in total. The highest BCUT2D eigenvalue weighted by Crippen LogP contribution is 2.39. The Morgan fingerprint density at radius 2 is 1.79 bits per heavy atom. The van der Waals surface area contributed by atoms with E-state index in [0.717, 1.165) is 11.3 Å². The highest BCUT2D eigenvalue weighted by atomic mass is 35.5. The van der Waals surface area contributed by atoms with E-state index in [4.69, 9.17) is 23.2 Å². The van der Waals surface area contributed by atoms with Gasteiger partial charge in [-0.3, -0.25) is 14.3 Å². The molecule has 1 fully saturated rings. The number of amides is 1. The van der Waals surface area contributed by atoms with Gasteiger partial charge >= 0.3 is 0 Å². The topological polar surface area (TPSA) is 62.5 Å². The lowest BCUT2D eigenvalue weighted by molar-refractivity contribution is -0.128. The zero-order chi connectivity index (χ0) is 27.0. The number of anilines is 2. The molecular weight excluding hydrogens is 528 g/mol. The summed E-state index contributed by atoms with van der Waals surface area (Å²) in [6.45, 7) is 8.29. The molecule has 3 heterocycles. The molecule has 2 aliphatic rings. The number of halogens is 3. The number of carbonyl (C=O) groups is 1. The first-order valence-electron chi connectivity index (χ1n) is 12.4. The van der Waals surface area contributed by atoms with Gasteiger partial charge in [0, 0.05) is 50.2 Å². The first-order chi connectivity index (χ1) is 18.3. The van der Waals surface area contributed by atoms with Gasteiger partial charge in [0.05, 0.1) is 15.6 Å². The molecule has 3 aromatic rings. The number of benzene rings is 2. The normalized spacial score (nSPS) is 17.3. The second-order valence-electron chi connectivity index (χ2n) is 9.41. The van der Waals surface area contributed by atoms with Gasteiger partial charge in [-0.1, -0.05) is 35.3 Å². The van der Waals surface area contributed by atoms with Crippen molar-refractivity contribution in [1.82, 2.24) is 14.3 Å². The molecular formula is C28H28Cl2FN5O2. The van der Waals surface area contributed by atoms with Crippen LogP contribution in [-0.2, 0) is 11.3 Å². The molecule has 1 saturated heterocycles. The number of fused-ring (bicyclic) bond motifs is 1. The Morgan fingerprint density at radius 3 is 2.45 bits per heavy atom. The van der Waals surface area contributed by atoms with Crippen molar-refractivity contribution in [2.24, 2.45) is 0 Å². The summed E-state index contributed by atoms with van der Waals surface area (Å²) in [6.07, 6.45) is 2.35. The van der Waals surface area contributed by atoms with Gasteiger partial charge < -0.3 is 15.1 Å². The fraction of sp³-hybridized carbons (Fsp3) is 0.286. The smallest absolute Gasteiger partial charge is 0.268 e. The summed E-state index contributed by atoms with van der Waals surface area (Å²) in [5.41, 5.74) is 2.71. The van der Waals surface area contributed by atoms with Gasteiger partial charge in [-0.15, -0.1) is 6.58 Å². The lowest BCUT2D eigenvalue weighted by atomic mass is 9.94. The van der Waals surface area contributed by atoms with Gasteiger partial charge in [0.1, 0.15) is 17.7 Å². The van der Waals surface area contributed by atoms with Gasteiger partial charge in [-0.2, -0.15) is 0 Å². The quantitative estimate of drug-likeness (QED) is 0.419. The monoisotopic (exact) mass is 555 g/mol. The third-order valence-electron chi connectivity index (χ3n) is 7.05. The van der Waals surface area contributed by atoms with Crippen LogP contribution in [0.1, 0.15) is 24.9 Å². The van der Waals surface area contributed by atoms with E-state index < -0.39 is 6.04 Å². The Bertz CT molecular complexity index is 1470. The number of hydrogen-bond donors (Lipinski definition) is 1. The van der Waals surface area contributed by atoms with Crippen molar-refractivity contribution in [1.29, 1.82) is 0 Å². The average molecular weight is 556 g/mol. The maximum absolute atomic E-state index is 14.1. The maximum atomic E-state index is 14.1. The lowest BCUT2D eigenvalue weighted by Crippen LogP contribution is -2.50. The SMILES string of the molecule is C=CCCn1c(=O)cc2n1C(c1ccc(Cl)c(Cl)c1)C(C(=O)N1CCN(c3ccc(F)cc3)CC1)=C(C)N2. The molecule has 1 unspecified atom stereocenters. The van der Waals surface area contributed by atoms with Gasteiger partial charge in [0.2, 0.25) is 0 Å². The van der Waals surface area contributed by atoms with Crippen LogP contribution in [0.5, 0.6) is 0 Å². The van der Waals surface area contributed by atoms with Crippen LogP contribution in [0.4, 0.5) is 15.9 Å². The Hall–Kier alpha value is -3.49. The number of hydrogen-bond acceptors (Lipinski definition) is 4. The number of allylic oxidation sites excluding steroid dienone is 2. The van der Waals surface area contributed by atoms with Gasteiger partial charge in [-0.05, 0) is 55.3 Å². The van der Waals surface area contributed by atoms with E-state index in [0.29, 0.717) is 66.3 Å². The highest BCUT2D eigenvalue weighted by Gasteiger charge is 2.37. The van der Waals surface area contributed by atoms with Gasteiger partial charge in [0.15, 0.2) is 0 Å². The van der Waals surface area contributed by atoms with Crippen LogP contribution in [0, 0.1) is 5.82 Å². The molecule has 0 bridgehead atoms. The number of carbonyl (C=O) groups excluding carboxylic acids is 1. The van der Waals surface area contributed by atoms with Crippen molar-refractivity contribution in [3.8, 4) is 0 Å². The first-order valence-corrected chi connectivity index (χ1v) is 13.2. The minimum absolute atomic E-state index is 0.119. The zero-order valence-corrected chi connectivity index (χ0v) is 22.5. The van der Waals surface area contributed by atoms with Crippen molar-refractivity contribution in [3.05, 3.63) is 104 Å². The first kappa shape index (κ1) is 26.1. The summed E-state index contributed by atoms with van der Waals surface area (Å²) in [5.74, 6) is 0.205. The molecule has 2 aromatic carbocycles. The largest absolute Gasteiger partial charge is 0.368 e. The van der Waals surface area contributed by atoms with Crippen LogP contribution in [0.3, 0.4) is 0 Å². The average Bonchev–Trinajstić information content (AvgIpc) is 3.22. The van der Waals surface area contributed by atoms with E-state index in [2.05, 4.69) is 16.8 Å². The molecule has 7 nitrogen and oxygen atoms in total. The van der Waals surface area contributed by atoms with Gasteiger partial charge in [0.25, 0.3) is 11.5 Å². The van der Waals surface area contributed by atoms with Crippen molar-refractivity contribution in [2.75, 3.05) is 36.4 Å². The zero-order valence-electron chi connectivity index (χ0n) is 21.0. The summed E-state index contributed by atoms with van der Waals surface area (Å²) in [7, 11) is 0. The van der Waals surface area contributed by atoms with E-state index in [-0.39, 0.29) is 17.3 Å². The summed E-state index contributed by atoms with van der Waals surface area (Å²) >= 11 is 12.6. The van der Waals surface area contributed by atoms with Gasteiger partial charge in [-0.25, -0.2) is 9.07 Å². The number of rotatable bonds is 6. The molecule has 38 heavy (non-hydrogen) atoms. The Kier molecular flexibility index (Phi) is 7.36. The van der Waals surface area contributed by atoms with Crippen LogP contribution >= 0.6 is 23.2 Å². The maximum Gasteiger partial charge on any atom is 0.268 e. The predicted octanol–water partition coefficient (Wildman–Crippen LogP) is 5.31.